The van der Waals surface area contributed by atoms with Crippen LogP contribution >= 0.6 is 0 Å². The molecule has 0 saturated carbocycles. The second-order valence-corrected chi connectivity index (χ2v) is 2.96. The van der Waals surface area contributed by atoms with Crippen molar-refractivity contribution in [3.8, 4) is 29.6 Å². The molecular weight excluding hydrogens is 192 g/mol. The molecule has 0 aromatic heterocycles. The van der Waals surface area contributed by atoms with Crippen molar-refractivity contribution in [3.63, 3.8) is 0 Å². The van der Waals surface area contributed by atoms with Gasteiger partial charge in [-0.1, -0.05) is 5.92 Å². The number of hydrogen-bond acceptors (Lipinski definition) is 3. The molecule has 1 aromatic rings. The average molecular weight is 206 g/mol. The Labute approximate surface area is 90.0 Å². The number of hydrogen-bond donors (Lipinski definition) is 0. The maximum absolute atomic E-state index is 5.42. The Hall–Kier alpha value is -1.82. The van der Waals surface area contributed by atoms with E-state index in [0.29, 0.717) is 22.8 Å². The number of ether oxygens (including phenoxy) is 3. The minimum Gasteiger partial charge on any atom is -0.495 e. The third-order valence-corrected chi connectivity index (χ3v) is 2.24. The Morgan fingerprint density at radius 1 is 1.07 bits per heavy atom. The van der Waals surface area contributed by atoms with Crippen LogP contribution in [0.4, 0.5) is 0 Å². The highest BCUT2D eigenvalue weighted by Gasteiger charge is 2.15. The first-order valence-electron chi connectivity index (χ1n) is 4.45. The number of benzene rings is 1. The lowest BCUT2D eigenvalue weighted by Gasteiger charge is -2.14. The van der Waals surface area contributed by atoms with Gasteiger partial charge in [0.1, 0.15) is 5.75 Å². The molecule has 1 aromatic carbocycles. The lowest BCUT2D eigenvalue weighted by atomic mass is 10.1. The van der Waals surface area contributed by atoms with E-state index in [9.17, 15) is 0 Å². The van der Waals surface area contributed by atoms with E-state index in [0.717, 1.165) is 5.56 Å². The SMILES string of the molecule is C#Cc1c(OC)cc(OC)c(OC)c1C. The molecule has 0 heterocycles. The van der Waals surface area contributed by atoms with Crippen molar-refractivity contribution in [2.45, 2.75) is 6.92 Å². The molecule has 0 spiro atoms. The van der Waals surface area contributed by atoms with Crippen LogP contribution in [-0.4, -0.2) is 21.3 Å². The van der Waals surface area contributed by atoms with Crippen molar-refractivity contribution in [3.05, 3.63) is 17.2 Å². The molecule has 0 fully saturated rings. The molecular formula is C12H14O3. The highest BCUT2D eigenvalue weighted by atomic mass is 16.5. The lowest BCUT2D eigenvalue weighted by Crippen LogP contribution is -1.98. The van der Waals surface area contributed by atoms with Gasteiger partial charge in [0.15, 0.2) is 11.5 Å². The fraction of sp³-hybridized carbons (Fsp3) is 0.333. The van der Waals surface area contributed by atoms with Gasteiger partial charge in [-0.2, -0.15) is 0 Å². The summed E-state index contributed by atoms with van der Waals surface area (Å²) in [7, 11) is 4.73. The summed E-state index contributed by atoms with van der Waals surface area (Å²) in [5.41, 5.74) is 1.53. The van der Waals surface area contributed by atoms with Crippen molar-refractivity contribution in [1.82, 2.24) is 0 Å². The summed E-state index contributed by atoms with van der Waals surface area (Å²) >= 11 is 0. The molecule has 0 radical (unpaired) electrons. The summed E-state index contributed by atoms with van der Waals surface area (Å²) in [5.74, 6) is 4.46. The molecule has 80 valence electrons. The standard InChI is InChI=1S/C12H14O3/c1-6-9-8(2)12(15-5)11(14-4)7-10(9)13-3/h1,7H,2-5H3. The summed E-state index contributed by atoms with van der Waals surface area (Å²) in [6, 6.07) is 1.72. The van der Waals surface area contributed by atoms with Crippen LogP contribution in [0.1, 0.15) is 11.1 Å². The minimum atomic E-state index is 0.617. The number of methoxy groups -OCH3 is 3. The Morgan fingerprint density at radius 3 is 2.07 bits per heavy atom. The fourth-order valence-corrected chi connectivity index (χ4v) is 1.49. The van der Waals surface area contributed by atoms with Crippen molar-refractivity contribution in [2.75, 3.05) is 21.3 Å². The van der Waals surface area contributed by atoms with Crippen LogP contribution in [0.3, 0.4) is 0 Å². The number of terminal acetylenes is 1. The van der Waals surface area contributed by atoms with Gasteiger partial charge in [0, 0.05) is 11.6 Å². The Kier molecular flexibility index (Phi) is 3.46. The van der Waals surface area contributed by atoms with Gasteiger partial charge < -0.3 is 14.2 Å². The maximum atomic E-state index is 5.42. The second-order valence-electron chi connectivity index (χ2n) is 2.96. The van der Waals surface area contributed by atoms with Gasteiger partial charge in [0.2, 0.25) is 0 Å². The van der Waals surface area contributed by atoms with Crippen LogP contribution in [0.15, 0.2) is 6.07 Å². The van der Waals surface area contributed by atoms with Gasteiger partial charge in [-0.15, -0.1) is 6.42 Å². The maximum Gasteiger partial charge on any atom is 0.165 e. The van der Waals surface area contributed by atoms with Crippen LogP contribution in [0, 0.1) is 19.3 Å². The highest BCUT2D eigenvalue weighted by molar-refractivity contribution is 5.61. The summed E-state index contributed by atoms with van der Waals surface area (Å²) < 4.78 is 15.6. The second kappa shape index (κ2) is 4.61. The topological polar surface area (TPSA) is 27.7 Å². The Balaban J connectivity index is 3.50. The van der Waals surface area contributed by atoms with E-state index >= 15 is 0 Å². The summed E-state index contributed by atoms with van der Waals surface area (Å²) in [5, 5.41) is 0. The zero-order valence-electron chi connectivity index (χ0n) is 9.38. The van der Waals surface area contributed by atoms with Crippen LogP contribution in [0.2, 0.25) is 0 Å². The van der Waals surface area contributed by atoms with Gasteiger partial charge in [-0.25, -0.2) is 0 Å². The summed E-state index contributed by atoms with van der Waals surface area (Å²) in [6.07, 6.45) is 5.42. The average Bonchev–Trinajstić information content (AvgIpc) is 2.27. The molecule has 0 aliphatic heterocycles. The molecule has 0 N–H and O–H groups in total. The zero-order chi connectivity index (χ0) is 11.4. The van der Waals surface area contributed by atoms with E-state index in [2.05, 4.69) is 5.92 Å². The van der Waals surface area contributed by atoms with Crippen molar-refractivity contribution in [1.29, 1.82) is 0 Å². The summed E-state index contributed by atoms with van der Waals surface area (Å²) in [4.78, 5) is 0. The largest absolute Gasteiger partial charge is 0.495 e. The Morgan fingerprint density at radius 2 is 1.67 bits per heavy atom. The van der Waals surface area contributed by atoms with Crippen LogP contribution in [-0.2, 0) is 0 Å². The molecule has 0 aliphatic rings. The van der Waals surface area contributed by atoms with Crippen LogP contribution in [0.25, 0.3) is 0 Å². The predicted molar refractivity (Wildman–Crippen MR) is 58.8 cm³/mol. The zero-order valence-corrected chi connectivity index (χ0v) is 9.38. The molecule has 0 bridgehead atoms. The molecule has 0 atom stereocenters. The third-order valence-electron chi connectivity index (χ3n) is 2.24. The van der Waals surface area contributed by atoms with Gasteiger partial charge in [-0.05, 0) is 6.92 Å². The van der Waals surface area contributed by atoms with Gasteiger partial charge in [0.05, 0.1) is 26.9 Å². The molecule has 15 heavy (non-hydrogen) atoms. The van der Waals surface area contributed by atoms with Crippen molar-refractivity contribution >= 4 is 0 Å². The Bertz CT molecular complexity index is 402. The van der Waals surface area contributed by atoms with Crippen molar-refractivity contribution in [2.24, 2.45) is 0 Å². The van der Waals surface area contributed by atoms with Gasteiger partial charge >= 0.3 is 0 Å². The first-order chi connectivity index (χ1) is 7.19. The van der Waals surface area contributed by atoms with E-state index < -0.39 is 0 Å². The smallest absolute Gasteiger partial charge is 0.165 e. The molecule has 0 unspecified atom stereocenters. The quantitative estimate of drug-likeness (QED) is 0.708. The first kappa shape index (κ1) is 11.3. The highest BCUT2D eigenvalue weighted by Crippen LogP contribution is 2.38. The molecule has 3 nitrogen and oxygen atoms in total. The first-order valence-corrected chi connectivity index (χ1v) is 4.45. The van der Waals surface area contributed by atoms with E-state index in [1.807, 2.05) is 6.92 Å². The van der Waals surface area contributed by atoms with Crippen LogP contribution < -0.4 is 14.2 Å². The van der Waals surface area contributed by atoms with Gasteiger partial charge in [-0.3, -0.25) is 0 Å². The fourth-order valence-electron chi connectivity index (χ4n) is 1.49. The van der Waals surface area contributed by atoms with E-state index in [-0.39, 0.29) is 0 Å². The van der Waals surface area contributed by atoms with Crippen LogP contribution in [0.5, 0.6) is 17.2 Å². The van der Waals surface area contributed by atoms with Gasteiger partial charge in [0.25, 0.3) is 0 Å². The van der Waals surface area contributed by atoms with E-state index in [1.165, 1.54) is 0 Å². The molecule has 1 rings (SSSR count). The lowest BCUT2D eigenvalue weighted by molar-refractivity contribution is 0.346. The van der Waals surface area contributed by atoms with Crippen molar-refractivity contribution < 1.29 is 14.2 Å². The third kappa shape index (κ3) is 1.84. The summed E-state index contributed by atoms with van der Waals surface area (Å²) in [6.45, 7) is 1.87. The normalized spacial score (nSPS) is 9.27. The molecule has 0 aliphatic carbocycles. The van der Waals surface area contributed by atoms with E-state index in [4.69, 9.17) is 20.6 Å². The minimum absolute atomic E-state index is 0.617. The molecule has 0 amide bonds. The monoisotopic (exact) mass is 206 g/mol. The molecule has 3 heteroatoms. The number of rotatable bonds is 3. The predicted octanol–water partition coefficient (Wildman–Crippen LogP) is 2.00. The van der Waals surface area contributed by atoms with E-state index in [1.54, 1.807) is 27.4 Å². The molecule has 0 saturated heterocycles.